The molecule has 0 saturated heterocycles. The highest BCUT2D eigenvalue weighted by molar-refractivity contribution is 5.78. The highest BCUT2D eigenvalue weighted by atomic mass is 16.5. The van der Waals surface area contributed by atoms with Crippen molar-refractivity contribution < 1.29 is 9.32 Å². The van der Waals surface area contributed by atoms with Crippen molar-refractivity contribution in [2.75, 3.05) is 6.54 Å². The first-order chi connectivity index (χ1) is 10.7. The molecule has 1 heterocycles. The molecule has 1 aromatic carbocycles. The SMILES string of the molecule is NC1(c2noc(CCNC(=O)Cc3ccccc3)n2)CCC1. The largest absolute Gasteiger partial charge is 0.355 e. The van der Waals surface area contributed by atoms with E-state index in [4.69, 9.17) is 10.3 Å². The summed E-state index contributed by atoms with van der Waals surface area (Å²) in [6, 6.07) is 9.64. The Morgan fingerprint density at radius 2 is 2.09 bits per heavy atom. The van der Waals surface area contributed by atoms with E-state index in [2.05, 4.69) is 15.5 Å². The van der Waals surface area contributed by atoms with E-state index in [1.807, 2.05) is 30.3 Å². The molecule has 3 N–H and O–H groups in total. The molecule has 1 saturated carbocycles. The lowest BCUT2D eigenvalue weighted by atomic mass is 9.77. The van der Waals surface area contributed by atoms with Gasteiger partial charge in [-0.3, -0.25) is 4.79 Å². The second-order valence-electron chi connectivity index (χ2n) is 5.78. The molecule has 1 fully saturated rings. The van der Waals surface area contributed by atoms with Gasteiger partial charge in [0.2, 0.25) is 11.8 Å². The van der Waals surface area contributed by atoms with Gasteiger partial charge < -0.3 is 15.6 Å². The van der Waals surface area contributed by atoms with E-state index in [1.54, 1.807) is 0 Å². The van der Waals surface area contributed by atoms with Gasteiger partial charge in [0.25, 0.3) is 0 Å². The van der Waals surface area contributed by atoms with E-state index < -0.39 is 5.54 Å². The Bertz CT molecular complexity index is 635. The maximum absolute atomic E-state index is 11.8. The van der Waals surface area contributed by atoms with Crippen LogP contribution in [0, 0.1) is 0 Å². The highest BCUT2D eigenvalue weighted by Gasteiger charge is 2.38. The number of hydrogen-bond donors (Lipinski definition) is 2. The zero-order valence-electron chi connectivity index (χ0n) is 12.4. The van der Waals surface area contributed by atoms with Crippen molar-refractivity contribution in [3.05, 3.63) is 47.6 Å². The molecular weight excluding hydrogens is 280 g/mol. The Kier molecular flexibility index (Phi) is 4.20. The van der Waals surface area contributed by atoms with Crippen LogP contribution in [0.3, 0.4) is 0 Å². The molecule has 1 aliphatic rings. The van der Waals surface area contributed by atoms with E-state index in [-0.39, 0.29) is 5.91 Å². The van der Waals surface area contributed by atoms with Crippen LogP contribution >= 0.6 is 0 Å². The van der Waals surface area contributed by atoms with Crippen molar-refractivity contribution in [3.63, 3.8) is 0 Å². The second-order valence-corrected chi connectivity index (χ2v) is 5.78. The molecule has 3 rings (SSSR count). The first kappa shape index (κ1) is 14.7. The van der Waals surface area contributed by atoms with Crippen molar-refractivity contribution in [2.45, 2.75) is 37.6 Å². The maximum Gasteiger partial charge on any atom is 0.228 e. The minimum Gasteiger partial charge on any atom is -0.355 e. The fourth-order valence-corrected chi connectivity index (χ4v) is 2.49. The van der Waals surface area contributed by atoms with Crippen molar-refractivity contribution >= 4 is 5.91 Å². The molecule has 0 atom stereocenters. The summed E-state index contributed by atoms with van der Waals surface area (Å²) in [6.07, 6.45) is 3.81. The summed E-state index contributed by atoms with van der Waals surface area (Å²) < 4.78 is 5.19. The third-order valence-corrected chi connectivity index (χ3v) is 4.03. The van der Waals surface area contributed by atoms with Crippen LogP contribution in [0.4, 0.5) is 0 Å². The molecule has 0 unspecified atom stereocenters. The molecule has 22 heavy (non-hydrogen) atoms. The van der Waals surface area contributed by atoms with Crippen LogP contribution in [0.15, 0.2) is 34.9 Å². The lowest BCUT2D eigenvalue weighted by Gasteiger charge is -2.34. The monoisotopic (exact) mass is 300 g/mol. The predicted octanol–water partition coefficient (Wildman–Crippen LogP) is 1.31. The number of carbonyl (C=O) groups is 1. The third-order valence-electron chi connectivity index (χ3n) is 4.03. The van der Waals surface area contributed by atoms with Crippen molar-refractivity contribution in [3.8, 4) is 0 Å². The number of amides is 1. The zero-order chi connectivity index (χ0) is 15.4. The normalized spacial score (nSPS) is 16.0. The van der Waals surface area contributed by atoms with Crippen molar-refractivity contribution in [1.29, 1.82) is 0 Å². The molecule has 0 bridgehead atoms. The molecule has 6 nitrogen and oxygen atoms in total. The van der Waals surface area contributed by atoms with Gasteiger partial charge in [0.1, 0.15) is 0 Å². The van der Waals surface area contributed by atoms with E-state index in [9.17, 15) is 4.79 Å². The standard InChI is InChI=1S/C16H20N4O2/c17-16(8-4-9-16)15-19-14(22-20-15)7-10-18-13(21)11-12-5-2-1-3-6-12/h1-3,5-6H,4,7-11,17H2,(H,18,21). The van der Waals surface area contributed by atoms with Crippen LogP contribution in [0.1, 0.15) is 36.5 Å². The van der Waals surface area contributed by atoms with Gasteiger partial charge in [0.15, 0.2) is 5.82 Å². The molecule has 1 amide bonds. The number of benzene rings is 1. The smallest absolute Gasteiger partial charge is 0.228 e. The van der Waals surface area contributed by atoms with Gasteiger partial charge in [-0.15, -0.1) is 0 Å². The summed E-state index contributed by atoms with van der Waals surface area (Å²) in [5.74, 6) is 1.09. The molecule has 116 valence electrons. The summed E-state index contributed by atoms with van der Waals surface area (Å²) >= 11 is 0. The van der Waals surface area contributed by atoms with Gasteiger partial charge in [0.05, 0.1) is 12.0 Å². The quantitative estimate of drug-likeness (QED) is 0.839. The average molecular weight is 300 g/mol. The second kappa shape index (κ2) is 6.27. The summed E-state index contributed by atoms with van der Waals surface area (Å²) in [7, 11) is 0. The molecule has 0 spiro atoms. The number of carbonyl (C=O) groups excluding carboxylic acids is 1. The summed E-state index contributed by atoms with van der Waals surface area (Å²) in [6.45, 7) is 0.477. The minimum absolute atomic E-state index is 0.0137. The Labute approximate surface area is 129 Å². The summed E-state index contributed by atoms with van der Waals surface area (Å²) in [4.78, 5) is 16.2. The number of nitrogens with two attached hydrogens (primary N) is 1. The lowest BCUT2D eigenvalue weighted by Crippen LogP contribution is -2.44. The van der Waals surface area contributed by atoms with Crippen LogP contribution in [-0.2, 0) is 23.2 Å². The first-order valence-corrected chi connectivity index (χ1v) is 7.58. The van der Waals surface area contributed by atoms with E-state index in [0.717, 1.165) is 24.8 Å². The fraction of sp³-hybridized carbons (Fsp3) is 0.438. The van der Waals surface area contributed by atoms with Crippen LogP contribution in [0.2, 0.25) is 0 Å². The molecule has 6 heteroatoms. The maximum atomic E-state index is 11.8. The Hall–Kier alpha value is -2.21. The van der Waals surface area contributed by atoms with E-state index in [0.29, 0.717) is 31.1 Å². The summed E-state index contributed by atoms with van der Waals surface area (Å²) in [5.41, 5.74) is 6.74. The lowest BCUT2D eigenvalue weighted by molar-refractivity contribution is -0.120. The van der Waals surface area contributed by atoms with Gasteiger partial charge in [0, 0.05) is 13.0 Å². The molecular formula is C16H20N4O2. The minimum atomic E-state index is -0.404. The van der Waals surface area contributed by atoms with Gasteiger partial charge in [-0.25, -0.2) is 0 Å². The van der Waals surface area contributed by atoms with E-state index in [1.165, 1.54) is 0 Å². The Morgan fingerprint density at radius 3 is 2.77 bits per heavy atom. The molecule has 1 aromatic heterocycles. The average Bonchev–Trinajstić information content (AvgIpc) is 2.95. The zero-order valence-corrected chi connectivity index (χ0v) is 12.4. The highest BCUT2D eigenvalue weighted by Crippen LogP contribution is 2.36. The molecule has 0 aliphatic heterocycles. The number of rotatable bonds is 6. The van der Waals surface area contributed by atoms with E-state index >= 15 is 0 Å². The van der Waals surface area contributed by atoms with Crippen molar-refractivity contribution in [2.24, 2.45) is 5.73 Å². The molecule has 1 aliphatic carbocycles. The predicted molar refractivity (Wildman–Crippen MR) is 80.9 cm³/mol. The van der Waals surface area contributed by atoms with Gasteiger partial charge >= 0.3 is 0 Å². The number of hydrogen-bond acceptors (Lipinski definition) is 5. The Balaban J connectivity index is 1.44. The number of aromatic nitrogens is 2. The topological polar surface area (TPSA) is 94.0 Å². The first-order valence-electron chi connectivity index (χ1n) is 7.58. The van der Waals surface area contributed by atoms with Crippen LogP contribution in [0.5, 0.6) is 0 Å². The molecule has 0 radical (unpaired) electrons. The third kappa shape index (κ3) is 3.33. The van der Waals surface area contributed by atoms with Gasteiger partial charge in [-0.2, -0.15) is 4.98 Å². The van der Waals surface area contributed by atoms with Crippen molar-refractivity contribution in [1.82, 2.24) is 15.5 Å². The Morgan fingerprint density at radius 1 is 1.32 bits per heavy atom. The summed E-state index contributed by atoms with van der Waals surface area (Å²) in [5, 5.41) is 6.81. The van der Waals surface area contributed by atoms with Gasteiger partial charge in [-0.1, -0.05) is 35.5 Å². The number of nitrogens with zero attached hydrogens (tertiary/aromatic N) is 2. The van der Waals surface area contributed by atoms with Crippen LogP contribution in [0.25, 0.3) is 0 Å². The van der Waals surface area contributed by atoms with Gasteiger partial charge in [-0.05, 0) is 24.8 Å². The fourth-order valence-electron chi connectivity index (χ4n) is 2.49. The number of nitrogens with one attached hydrogen (secondary N) is 1. The van der Waals surface area contributed by atoms with Crippen LogP contribution < -0.4 is 11.1 Å². The van der Waals surface area contributed by atoms with Crippen LogP contribution in [-0.4, -0.2) is 22.6 Å². The molecule has 2 aromatic rings.